The van der Waals surface area contributed by atoms with Crippen molar-refractivity contribution in [2.45, 2.75) is 6.54 Å². The van der Waals surface area contributed by atoms with E-state index in [0.717, 1.165) is 6.54 Å². The molecule has 0 saturated carbocycles. The molecule has 0 aliphatic heterocycles. The monoisotopic (exact) mass is 199 g/mol. The SMILES string of the molecule is CN(Br)Cc1ccccc1. The number of nitrogens with zero attached hydrogens (tertiary/aromatic N) is 1. The van der Waals surface area contributed by atoms with Crippen LogP contribution in [0, 0.1) is 0 Å². The van der Waals surface area contributed by atoms with Crippen LogP contribution in [0.5, 0.6) is 0 Å². The van der Waals surface area contributed by atoms with Crippen molar-refractivity contribution < 1.29 is 0 Å². The van der Waals surface area contributed by atoms with E-state index in [2.05, 4.69) is 28.3 Å². The number of hydrogen-bond acceptors (Lipinski definition) is 1. The lowest BCUT2D eigenvalue weighted by molar-refractivity contribution is 0.585. The first-order valence-electron chi connectivity index (χ1n) is 3.20. The largest absolute Gasteiger partial charge is 0.241 e. The molecule has 0 saturated heterocycles. The predicted octanol–water partition coefficient (Wildman–Crippen LogP) is 2.43. The second-order valence-electron chi connectivity index (χ2n) is 2.25. The second kappa shape index (κ2) is 3.74. The Bertz CT molecular complexity index is 184. The maximum Gasteiger partial charge on any atom is 0.0340 e. The fourth-order valence-corrected chi connectivity index (χ4v) is 1.12. The minimum absolute atomic E-state index is 0.945. The van der Waals surface area contributed by atoms with E-state index in [1.54, 1.807) is 0 Å². The molecule has 0 aromatic heterocycles. The highest BCUT2D eigenvalue weighted by molar-refractivity contribution is 9.07. The Hall–Kier alpha value is -0.340. The third-order valence-electron chi connectivity index (χ3n) is 1.24. The topological polar surface area (TPSA) is 3.24 Å². The summed E-state index contributed by atoms with van der Waals surface area (Å²) in [6.07, 6.45) is 0. The fourth-order valence-electron chi connectivity index (χ4n) is 0.835. The first-order valence-corrected chi connectivity index (χ1v) is 3.91. The summed E-state index contributed by atoms with van der Waals surface area (Å²) in [5.74, 6) is 0. The van der Waals surface area contributed by atoms with Crippen LogP contribution < -0.4 is 0 Å². The molecule has 1 aromatic rings. The molecule has 0 spiro atoms. The van der Waals surface area contributed by atoms with Gasteiger partial charge < -0.3 is 0 Å². The van der Waals surface area contributed by atoms with E-state index in [1.807, 2.05) is 29.2 Å². The fraction of sp³-hybridized carbons (Fsp3) is 0.250. The van der Waals surface area contributed by atoms with E-state index in [-0.39, 0.29) is 0 Å². The first kappa shape index (κ1) is 7.76. The van der Waals surface area contributed by atoms with Crippen molar-refractivity contribution in [2.24, 2.45) is 0 Å². The highest BCUT2D eigenvalue weighted by Crippen LogP contribution is 2.04. The van der Waals surface area contributed by atoms with Crippen LogP contribution >= 0.6 is 16.1 Å². The van der Waals surface area contributed by atoms with Gasteiger partial charge in [-0.15, -0.1) is 0 Å². The molecule has 0 heterocycles. The molecule has 0 amide bonds. The van der Waals surface area contributed by atoms with Gasteiger partial charge in [-0.3, -0.25) is 0 Å². The van der Waals surface area contributed by atoms with Crippen LogP contribution in [0.4, 0.5) is 0 Å². The van der Waals surface area contributed by atoms with Gasteiger partial charge in [-0.1, -0.05) is 30.3 Å². The van der Waals surface area contributed by atoms with Crippen LogP contribution in [0.2, 0.25) is 0 Å². The normalized spacial score (nSPS) is 10.3. The Labute approximate surface area is 70.0 Å². The molecule has 1 nitrogen and oxygen atoms in total. The van der Waals surface area contributed by atoms with Crippen molar-refractivity contribution >= 4 is 16.1 Å². The third-order valence-corrected chi connectivity index (χ3v) is 1.49. The van der Waals surface area contributed by atoms with Crippen molar-refractivity contribution in [3.8, 4) is 0 Å². The molecule has 1 aromatic carbocycles. The first-order chi connectivity index (χ1) is 4.79. The van der Waals surface area contributed by atoms with Gasteiger partial charge >= 0.3 is 0 Å². The molecule has 2 heteroatoms. The molecule has 0 atom stereocenters. The standard InChI is InChI=1S/C8H10BrN/c1-10(9)7-8-5-3-2-4-6-8/h2-6H,7H2,1H3. The molecule has 54 valence electrons. The molecule has 0 aliphatic rings. The zero-order valence-electron chi connectivity index (χ0n) is 5.92. The van der Waals surface area contributed by atoms with Gasteiger partial charge in [0.1, 0.15) is 0 Å². The minimum Gasteiger partial charge on any atom is -0.241 e. The van der Waals surface area contributed by atoms with Gasteiger partial charge in [-0.25, -0.2) is 3.93 Å². The third kappa shape index (κ3) is 2.50. The van der Waals surface area contributed by atoms with Gasteiger partial charge in [0, 0.05) is 22.7 Å². The maximum atomic E-state index is 3.34. The summed E-state index contributed by atoms with van der Waals surface area (Å²) in [4.78, 5) is 0. The van der Waals surface area contributed by atoms with Crippen molar-refractivity contribution in [3.05, 3.63) is 35.9 Å². The molecule has 0 bridgehead atoms. The number of hydrogen-bond donors (Lipinski definition) is 0. The lowest BCUT2D eigenvalue weighted by Gasteiger charge is -2.05. The molecular weight excluding hydrogens is 190 g/mol. The lowest BCUT2D eigenvalue weighted by atomic mass is 10.2. The van der Waals surface area contributed by atoms with Crippen molar-refractivity contribution in [3.63, 3.8) is 0 Å². The average molecular weight is 200 g/mol. The van der Waals surface area contributed by atoms with Gasteiger partial charge in [0.05, 0.1) is 0 Å². The van der Waals surface area contributed by atoms with E-state index in [9.17, 15) is 0 Å². The molecule has 0 unspecified atom stereocenters. The Kier molecular flexibility index (Phi) is 2.90. The van der Waals surface area contributed by atoms with E-state index in [1.165, 1.54) is 5.56 Å². The average Bonchev–Trinajstić information content (AvgIpc) is 1.88. The molecule has 0 N–H and O–H groups in total. The van der Waals surface area contributed by atoms with Crippen LogP contribution in [0.15, 0.2) is 30.3 Å². The second-order valence-corrected chi connectivity index (χ2v) is 3.46. The lowest BCUT2D eigenvalue weighted by Crippen LogP contribution is -2.02. The maximum absolute atomic E-state index is 3.34. The van der Waals surface area contributed by atoms with E-state index in [4.69, 9.17) is 0 Å². The highest BCUT2D eigenvalue weighted by Gasteiger charge is 1.92. The summed E-state index contributed by atoms with van der Waals surface area (Å²) in [5, 5.41) is 0. The van der Waals surface area contributed by atoms with E-state index < -0.39 is 0 Å². The van der Waals surface area contributed by atoms with E-state index >= 15 is 0 Å². The zero-order valence-corrected chi connectivity index (χ0v) is 7.51. The predicted molar refractivity (Wildman–Crippen MR) is 46.8 cm³/mol. The molecule has 10 heavy (non-hydrogen) atoms. The van der Waals surface area contributed by atoms with Gasteiger partial charge in [0.2, 0.25) is 0 Å². The van der Waals surface area contributed by atoms with Crippen molar-refractivity contribution in [2.75, 3.05) is 7.05 Å². The van der Waals surface area contributed by atoms with Crippen LogP contribution in [0.25, 0.3) is 0 Å². The summed E-state index contributed by atoms with van der Waals surface area (Å²) in [7, 11) is 1.99. The molecule has 0 fully saturated rings. The van der Waals surface area contributed by atoms with Crippen LogP contribution in [0.1, 0.15) is 5.56 Å². The molecule has 1 rings (SSSR count). The van der Waals surface area contributed by atoms with Crippen LogP contribution in [-0.4, -0.2) is 11.0 Å². The Morgan fingerprint density at radius 2 is 1.90 bits per heavy atom. The quantitative estimate of drug-likeness (QED) is 0.662. The molecule has 0 aliphatic carbocycles. The van der Waals surface area contributed by atoms with Gasteiger partial charge in [-0.05, 0) is 12.6 Å². The minimum atomic E-state index is 0.945. The Morgan fingerprint density at radius 1 is 1.30 bits per heavy atom. The molecule has 0 radical (unpaired) electrons. The number of halogens is 1. The molecular formula is C8H10BrN. The summed E-state index contributed by atoms with van der Waals surface area (Å²) in [6, 6.07) is 10.3. The number of benzene rings is 1. The summed E-state index contributed by atoms with van der Waals surface area (Å²) < 4.78 is 1.97. The van der Waals surface area contributed by atoms with Gasteiger partial charge in [0.15, 0.2) is 0 Å². The summed E-state index contributed by atoms with van der Waals surface area (Å²) >= 11 is 3.34. The smallest absolute Gasteiger partial charge is 0.0340 e. The summed E-state index contributed by atoms with van der Waals surface area (Å²) in [6.45, 7) is 0.945. The zero-order chi connectivity index (χ0) is 7.40. The number of rotatable bonds is 2. The van der Waals surface area contributed by atoms with Crippen LogP contribution in [0.3, 0.4) is 0 Å². The van der Waals surface area contributed by atoms with Gasteiger partial charge in [0.25, 0.3) is 0 Å². The van der Waals surface area contributed by atoms with Crippen molar-refractivity contribution in [1.82, 2.24) is 3.93 Å². The van der Waals surface area contributed by atoms with E-state index in [0.29, 0.717) is 0 Å². The van der Waals surface area contributed by atoms with Crippen LogP contribution in [-0.2, 0) is 6.54 Å². The highest BCUT2D eigenvalue weighted by atomic mass is 79.9. The Morgan fingerprint density at radius 3 is 2.40 bits per heavy atom. The Balaban J connectivity index is 2.59. The van der Waals surface area contributed by atoms with Gasteiger partial charge in [-0.2, -0.15) is 0 Å². The van der Waals surface area contributed by atoms with Crippen molar-refractivity contribution in [1.29, 1.82) is 0 Å². The summed E-state index contributed by atoms with van der Waals surface area (Å²) in [5.41, 5.74) is 1.32.